The molecule has 1 aliphatic heterocycles. The lowest BCUT2D eigenvalue weighted by molar-refractivity contribution is 0.0116. The molecule has 0 aliphatic carbocycles. The van der Waals surface area contributed by atoms with Crippen molar-refractivity contribution in [2.24, 2.45) is 0 Å². The molecule has 0 spiro atoms. The summed E-state index contributed by atoms with van der Waals surface area (Å²) >= 11 is 12.1. The standard InChI is InChI=1S/C14H18Cl2FNO/c1-8-7-10(5-6-19-8)18-9(2)13-11(15)3-4-12(17)14(13)16/h3-4,8-10,18H,5-7H2,1-2H3. The monoisotopic (exact) mass is 305 g/mol. The summed E-state index contributed by atoms with van der Waals surface area (Å²) < 4.78 is 19.0. The maximum Gasteiger partial charge on any atom is 0.142 e. The molecule has 1 aromatic carbocycles. The van der Waals surface area contributed by atoms with Gasteiger partial charge in [0.15, 0.2) is 0 Å². The van der Waals surface area contributed by atoms with Crippen molar-refractivity contribution in [3.05, 3.63) is 33.6 Å². The zero-order valence-corrected chi connectivity index (χ0v) is 12.6. The normalized spacial score (nSPS) is 25.3. The molecule has 2 rings (SSSR count). The van der Waals surface area contributed by atoms with Crippen LogP contribution in [0.3, 0.4) is 0 Å². The van der Waals surface area contributed by atoms with Gasteiger partial charge in [0.25, 0.3) is 0 Å². The van der Waals surface area contributed by atoms with Crippen molar-refractivity contribution >= 4 is 23.2 Å². The van der Waals surface area contributed by atoms with Gasteiger partial charge in [-0.3, -0.25) is 0 Å². The number of ether oxygens (including phenoxy) is 1. The van der Waals surface area contributed by atoms with E-state index in [4.69, 9.17) is 27.9 Å². The van der Waals surface area contributed by atoms with Crippen molar-refractivity contribution in [1.29, 1.82) is 0 Å². The molecule has 2 nitrogen and oxygen atoms in total. The highest BCUT2D eigenvalue weighted by atomic mass is 35.5. The molecule has 0 saturated carbocycles. The summed E-state index contributed by atoms with van der Waals surface area (Å²) in [6.45, 7) is 4.75. The van der Waals surface area contributed by atoms with Crippen LogP contribution < -0.4 is 5.32 Å². The van der Waals surface area contributed by atoms with Crippen LogP contribution in [0.2, 0.25) is 10.0 Å². The Balaban J connectivity index is 2.11. The molecule has 1 N–H and O–H groups in total. The van der Waals surface area contributed by atoms with Gasteiger partial charge in [-0.15, -0.1) is 0 Å². The summed E-state index contributed by atoms with van der Waals surface area (Å²) in [5.74, 6) is -0.435. The van der Waals surface area contributed by atoms with Crippen LogP contribution in [0.5, 0.6) is 0 Å². The van der Waals surface area contributed by atoms with Crippen LogP contribution in [0, 0.1) is 5.82 Å². The molecule has 0 amide bonds. The Bertz CT molecular complexity index is 455. The maximum absolute atomic E-state index is 13.5. The van der Waals surface area contributed by atoms with E-state index in [1.54, 1.807) is 6.07 Å². The van der Waals surface area contributed by atoms with Gasteiger partial charge in [0.1, 0.15) is 5.82 Å². The summed E-state index contributed by atoms with van der Waals surface area (Å²) in [6.07, 6.45) is 2.13. The van der Waals surface area contributed by atoms with Crippen LogP contribution in [0.15, 0.2) is 12.1 Å². The molecule has 5 heteroatoms. The summed E-state index contributed by atoms with van der Waals surface area (Å²) in [5, 5.41) is 4.06. The third-order valence-corrected chi connectivity index (χ3v) is 4.20. The highest BCUT2D eigenvalue weighted by Crippen LogP contribution is 2.33. The molecule has 0 radical (unpaired) electrons. The fraction of sp³-hybridized carbons (Fsp3) is 0.571. The van der Waals surface area contributed by atoms with Crippen LogP contribution in [0.25, 0.3) is 0 Å². The average molecular weight is 306 g/mol. The SMILES string of the molecule is CC1CC(NC(C)c2c(Cl)ccc(F)c2Cl)CCO1. The third-order valence-electron chi connectivity index (χ3n) is 3.48. The van der Waals surface area contributed by atoms with Gasteiger partial charge < -0.3 is 10.1 Å². The van der Waals surface area contributed by atoms with Gasteiger partial charge in [-0.1, -0.05) is 23.2 Å². The topological polar surface area (TPSA) is 21.3 Å². The third kappa shape index (κ3) is 3.60. The number of nitrogens with one attached hydrogen (secondary N) is 1. The molecule has 3 atom stereocenters. The van der Waals surface area contributed by atoms with Crippen LogP contribution in [-0.4, -0.2) is 18.8 Å². The average Bonchev–Trinajstić information content (AvgIpc) is 2.34. The first kappa shape index (κ1) is 15.0. The van der Waals surface area contributed by atoms with Gasteiger partial charge >= 0.3 is 0 Å². The first-order valence-electron chi connectivity index (χ1n) is 6.50. The minimum absolute atomic E-state index is 0.0917. The zero-order valence-electron chi connectivity index (χ0n) is 11.1. The minimum atomic E-state index is -0.435. The van der Waals surface area contributed by atoms with Crippen LogP contribution in [0.4, 0.5) is 4.39 Å². The molecule has 1 saturated heterocycles. The van der Waals surface area contributed by atoms with Crippen molar-refractivity contribution in [2.45, 2.75) is 44.9 Å². The van der Waals surface area contributed by atoms with Gasteiger partial charge in [-0.2, -0.15) is 0 Å². The molecule has 1 aromatic rings. The van der Waals surface area contributed by atoms with Gasteiger partial charge in [0.2, 0.25) is 0 Å². The second kappa shape index (κ2) is 6.40. The Hall–Kier alpha value is -0.350. The van der Waals surface area contributed by atoms with Gasteiger partial charge in [0.05, 0.1) is 11.1 Å². The Morgan fingerprint density at radius 3 is 2.84 bits per heavy atom. The van der Waals surface area contributed by atoms with Crippen LogP contribution in [0.1, 0.15) is 38.3 Å². The van der Waals surface area contributed by atoms with E-state index in [0.717, 1.165) is 19.4 Å². The lowest BCUT2D eigenvalue weighted by atomic mass is 10.0. The van der Waals surface area contributed by atoms with E-state index in [1.807, 2.05) is 6.92 Å². The quantitative estimate of drug-likeness (QED) is 0.838. The van der Waals surface area contributed by atoms with Crippen molar-refractivity contribution in [2.75, 3.05) is 6.61 Å². The molecular formula is C14H18Cl2FNO. The largest absolute Gasteiger partial charge is 0.378 e. The Kier molecular flexibility index (Phi) is 5.07. The smallest absolute Gasteiger partial charge is 0.142 e. The van der Waals surface area contributed by atoms with Gasteiger partial charge in [-0.05, 0) is 38.8 Å². The van der Waals surface area contributed by atoms with Crippen LogP contribution >= 0.6 is 23.2 Å². The molecule has 1 aliphatic rings. The molecule has 106 valence electrons. The summed E-state index contributed by atoms with van der Waals surface area (Å²) in [7, 11) is 0. The lowest BCUT2D eigenvalue weighted by Crippen LogP contribution is -2.39. The second-order valence-corrected chi connectivity index (χ2v) is 5.83. The van der Waals surface area contributed by atoms with Crippen molar-refractivity contribution in [3.8, 4) is 0 Å². The molecule has 0 aromatic heterocycles. The van der Waals surface area contributed by atoms with E-state index in [-0.39, 0.29) is 17.2 Å². The van der Waals surface area contributed by atoms with Gasteiger partial charge in [0, 0.05) is 29.3 Å². The molecule has 1 fully saturated rings. The predicted molar refractivity (Wildman–Crippen MR) is 76.4 cm³/mol. The summed E-state index contributed by atoms with van der Waals surface area (Å²) in [6, 6.07) is 3.08. The van der Waals surface area contributed by atoms with E-state index in [1.165, 1.54) is 6.07 Å². The number of benzene rings is 1. The van der Waals surface area contributed by atoms with Crippen molar-refractivity contribution < 1.29 is 9.13 Å². The zero-order chi connectivity index (χ0) is 14.0. The maximum atomic E-state index is 13.5. The summed E-state index contributed by atoms with van der Waals surface area (Å²) in [4.78, 5) is 0. The number of rotatable bonds is 3. The fourth-order valence-corrected chi connectivity index (χ4v) is 3.22. The first-order chi connectivity index (χ1) is 8.99. The highest BCUT2D eigenvalue weighted by Gasteiger charge is 2.23. The first-order valence-corrected chi connectivity index (χ1v) is 7.25. The second-order valence-electron chi connectivity index (χ2n) is 5.05. The van der Waals surface area contributed by atoms with Crippen LogP contribution in [-0.2, 0) is 4.74 Å². The van der Waals surface area contributed by atoms with E-state index in [0.29, 0.717) is 16.6 Å². The highest BCUT2D eigenvalue weighted by molar-refractivity contribution is 6.36. The van der Waals surface area contributed by atoms with E-state index in [2.05, 4.69) is 12.2 Å². The van der Waals surface area contributed by atoms with Crippen molar-refractivity contribution in [1.82, 2.24) is 5.32 Å². The van der Waals surface area contributed by atoms with Gasteiger partial charge in [-0.25, -0.2) is 4.39 Å². The number of halogens is 3. The predicted octanol–water partition coefficient (Wildman–Crippen LogP) is 4.35. The molecule has 19 heavy (non-hydrogen) atoms. The summed E-state index contributed by atoms with van der Waals surface area (Å²) in [5.41, 5.74) is 0.627. The Morgan fingerprint density at radius 2 is 2.16 bits per heavy atom. The molecule has 1 heterocycles. The van der Waals surface area contributed by atoms with E-state index in [9.17, 15) is 4.39 Å². The molecular weight excluding hydrogens is 288 g/mol. The number of hydrogen-bond acceptors (Lipinski definition) is 2. The fourth-order valence-electron chi connectivity index (χ4n) is 2.53. The van der Waals surface area contributed by atoms with Crippen molar-refractivity contribution in [3.63, 3.8) is 0 Å². The van der Waals surface area contributed by atoms with E-state index < -0.39 is 5.82 Å². The van der Waals surface area contributed by atoms with E-state index >= 15 is 0 Å². The minimum Gasteiger partial charge on any atom is -0.378 e. The Labute approximate surface area is 123 Å². The molecule has 3 unspecified atom stereocenters. The lowest BCUT2D eigenvalue weighted by Gasteiger charge is -2.31. The number of hydrogen-bond donors (Lipinski definition) is 1. The molecule has 0 bridgehead atoms. The Morgan fingerprint density at radius 1 is 1.42 bits per heavy atom.